The molecule has 0 saturated heterocycles. The van der Waals surface area contributed by atoms with E-state index in [0.717, 1.165) is 31.3 Å². The van der Waals surface area contributed by atoms with Crippen LogP contribution >= 0.6 is 0 Å². The Kier molecular flexibility index (Phi) is 10.5. The first-order chi connectivity index (χ1) is 20.4. The molecule has 12 atom stereocenters. The van der Waals surface area contributed by atoms with Crippen molar-refractivity contribution in [2.45, 2.75) is 105 Å². The quantitative estimate of drug-likeness (QED) is 0.182. The Morgan fingerprint density at radius 1 is 0.756 bits per heavy atom. The second kappa shape index (κ2) is 12.8. The molecule has 0 aromatic rings. The number of hydrogen-bond acceptors (Lipinski definition) is 9. The zero-order valence-electron chi connectivity index (χ0n) is 26.9. The second-order valence-electron chi connectivity index (χ2n) is 14.9. The average molecular weight is 699 g/mol. The molecule has 4 rings (SSSR count). The van der Waals surface area contributed by atoms with E-state index in [1.165, 1.54) is 0 Å². The van der Waals surface area contributed by atoms with Gasteiger partial charge in [0, 0.05) is 0 Å². The Labute approximate surface area is 269 Å². The lowest BCUT2D eigenvalue weighted by atomic mass is 9.43. The van der Waals surface area contributed by atoms with Crippen LogP contribution in [0.1, 0.15) is 86.5 Å². The van der Waals surface area contributed by atoms with E-state index in [1.807, 2.05) is 13.8 Å². The van der Waals surface area contributed by atoms with Crippen LogP contribution < -0.4 is 0 Å². The molecule has 12 nitrogen and oxygen atoms in total. The Bertz CT molecular complexity index is 1470. The fourth-order valence-corrected chi connectivity index (χ4v) is 11.9. The smallest absolute Gasteiger partial charge is 0.264 e. The minimum atomic E-state index is -5.08. The molecule has 0 aromatic carbocycles. The van der Waals surface area contributed by atoms with Gasteiger partial charge in [-0.1, -0.05) is 58.9 Å². The van der Waals surface area contributed by atoms with E-state index in [2.05, 4.69) is 46.4 Å². The van der Waals surface area contributed by atoms with Gasteiger partial charge in [0.15, 0.2) is 0 Å². The molecule has 0 bridgehead atoms. The molecule has 0 heterocycles. The topological polar surface area (TPSA) is 191 Å². The maximum Gasteiger partial charge on any atom is 0.397 e. The van der Waals surface area contributed by atoms with Crippen molar-refractivity contribution in [2.24, 2.45) is 58.2 Å². The number of allylic oxidation sites excluding steroid dienone is 3. The van der Waals surface area contributed by atoms with Crippen molar-refractivity contribution >= 4 is 31.2 Å². The van der Waals surface area contributed by atoms with E-state index in [4.69, 9.17) is 12.5 Å². The monoisotopic (exact) mass is 698 g/mol. The summed E-state index contributed by atoms with van der Waals surface area (Å²) in [5.41, 5.74) is 0.208. The van der Waals surface area contributed by atoms with Crippen molar-refractivity contribution in [2.75, 3.05) is 0 Å². The lowest BCUT2D eigenvalue weighted by Crippen LogP contribution is -2.62. The van der Waals surface area contributed by atoms with E-state index in [0.29, 0.717) is 11.8 Å². The van der Waals surface area contributed by atoms with E-state index >= 15 is 0 Å². The molecule has 4 fully saturated rings. The summed E-state index contributed by atoms with van der Waals surface area (Å²) < 4.78 is 115. The number of hydrogen-bond donors (Lipinski definition) is 3. The van der Waals surface area contributed by atoms with Gasteiger partial charge in [-0.05, 0) is 110 Å². The van der Waals surface area contributed by atoms with Crippen LogP contribution in [0.25, 0.3) is 0 Å². The van der Waals surface area contributed by atoms with Gasteiger partial charge in [-0.2, -0.15) is 25.3 Å². The van der Waals surface area contributed by atoms with Gasteiger partial charge in [-0.25, -0.2) is 12.5 Å². The van der Waals surface area contributed by atoms with E-state index in [-0.39, 0.29) is 54.3 Å². The molecule has 4 aliphatic carbocycles. The molecule has 0 aliphatic heterocycles. The normalized spacial score (nSPS) is 40.5. The molecule has 0 spiro atoms. The van der Waals surface area contributed by atoms with Gasteiger partial charge in [-0.3, -0.25) is 13.7 Å². The van der Waals surface area contributed by atoms with Gasteiger partial charge in [0.1, 0.15) is 12.2 Å². The summed E-state index contributed by atoms with van der Waals surface area (Å²) in [6, 6.07) is 0. The SMILES string of the molecule is C=C(C)C(/C=C\[C@@H](C)[C@H]1CC[C@H]2[C@@H]3C[C@H](OS(=O)(=O)O)C4C[C@H](OS(=O)(=O)O)[C@@H](OS(=O)(=O)O)C[C@]4(C)[C@H]3CC[C@]12C)C(C)C. The Morgan fingerprint density at radius 2 is 1.29 bits per heavy atom. The molecule has 3 N–H and O–H groups in total. The van der Waals surface area contributed by atoms with Crippen LogP contribution in [0.4, 0.5) is 0 Å². The average Bonchev–Trinajstić information content (AvgIpc) is 3.19. The van der Waals surface area contributed by atoms with Crippen LogP contribution in [-0.4, -0.2) is 57.2 Å². The lowest BCUT2D eigenvalue weighted by Gasteiger charge is -2.63. The first-order valence-corrected chi connectivity index (χ1v) is 19.9. The molecular weight excluding hydrogens is 649 g/mol. The molecule has 4 aliphatic rings. The third kappa shape index (κ3) is 8.05. The van der Waals surface area contributed by atoms with E-state index in [1.54, 1.807) is 0 Å². The lowest BCUT2D eigenvalue weighted by molar-refractivity contribution is -0.183. The van der Waals surface area contributed by atoms with Crippen LogP contribution in [0.15, 0.2) is 24.3 Å². The maximum atomic E-state index is 12.1. The number of rotatable bonds is 11. The highest BCUT2D eigenvalue weighted by molar-refractivity contribution is 7.81. The molecule has 0 radical (unpaired) electrons. The molecule has 45 heavy (non-hydrogen) atoms. The summed E-state index contributed by atoms with van der Waals surface area (Å²) >= 11 is 0. The van der Waals surface area contributed by atoms with Crippen molar-refractivity contribution < 1.29 is 51.5 Å². The van der Waals surface area contributed by atoms with Crippen LogP contribution in [0.5, 0.6) is 0 Å². The van der Waals surface area contributed by atoms with Gasteiger partial charge >= 0.3 is 31.2 Å². The first kappa shape index (κ1) is 36.9. The third-order valence-electron chi connectivity index (χ3n) is 12.0. The minimum absolute atomic E-state index is 0.0396. The zero-order chi connectivity index (χ0) is 33.9. The molecule has 2 unspecified atom stereocenters. The Balaban J connectivity index is 1.69. The van der Waals surface area contributed by atoms with Gasteiger partial charge in [0.25, 0.3) is 0 Å². The maximum absolute atomic E-state index is 12.1. The summed E-state index contributed by atoms with van der Waals surface area (Å²) in [6.07, 6.45) is 3.91. The molecule has 0 amide bonds. The van der Waals surface area contributed by atoms with Crippen molar-refractivity contribution in [3.63, 3.8) is 0 Å². The summed E-state index contributed by atoms with van der Waals surface area (Å²) in [5, 5.41) is 0. The molecular formula is C30H50O12S3. The second-order valence-corrected chi connectivity index (χ2v) is 18.1. The summed E-state index contributed by atoms with van der Waals surface area (Å²) in [6.45, 7) is 17.0. The summed E-state index contributed by atoms with van der Waals surface area (Å²) in [4.78, 5) is 0. The molecule has 0 aromatic heterocycles. The first-order valence-electron chi connectivity index (χ1n) is 15.8. The Morgan fingerprint density at radius 3 is 1.82 bits per heavy atom. The molecule has 4 saturated carbocycles. The fraction of sp³-hybridized carbons (Fsp3) is 0.867. The largest absolute Gasteiger partial charge is 0.397 e. The highest BCUT2D eigenvalue weighted by Crippen LogP contribution is 2.69. The van der Waals surface area contributed by atoms with Crippen molar-refractivity contribution in [1.82, 2.24) is 0 Å². The summed E-state index contributed by atoms with van der Waals surface area (Å²) in [7, 11) is -15.0. The van der Waals surface area contributed by atoms with Gasteiger partial charge in [0.2, 0.25) is 0 Å². The Hall–Kier alpha value is -0.910. The van der Waals surface area contributed by atoms with Gasteiger partial charge < -0.3 is 0 Å². The fourth-order valence-electron chi connectivity index (χ4n) is 10.3. The van der Waals surface area contributed by atoms with Gasteiger partial charge in [-0.15, -0.1) is 0 Å². The van der Waals surface area contributed by atoms with Crippen LogP contribution in [0, 0.1) is 58.2 Å². The van der Waals surface area contributed by atoms with Crippen LogP contribution in [0.2, 0.25) is 0 Å². The predicted molar refractivity (Wildman–Crippen MR) is 167 cm³/mol. The molecule has 260 valence electrons. The van der Waals surface area contributed by atoms with Crippen molar-refractivity contribution in [1.29, 1.82) is 0 Å². The highest BCUT2D eigenvalue weighted by atomic mass is 32.3. The van der Waals surface area contributed by atoms with Crippen molar-refractivity contribution in [3.8, 4) is 0 Å². The van der Waals surface area contributed by atoms with Crippen LogP contribution in [-0.2, 0) is 43.7 Å². The minimum Gasteiger partial charge on any atom is -0.264 e. The van der Waals surface area contributed by atoms with Crippen LogP contribution in [0.3, 0.4) is 0 Å². The van der Waals surface area contributed by atoms with Crippen molar-refractivity contribution in [3.05, 3.63) is 24.3 Å². The number of fused-ring (bicyclic) bond motifs is 5. The molecule has 15 heteroatoms. The van der Waals surface area contributed by atoms with E-state index < -0.39 is 60.8 Å². The highest BCUT2D eigenvalue weighted by Gasteiger charge is 2.65. The van der Waals surface area contributed by atoms with Gasteiger partial charge in [0.05, 0.1) is 6.10 Å². The summed E-state index contributed by atoms with van der Waals surface area (Å²) in [5.74, 6) is 0.772. The predicted octanol–water partition coefficient (Wildman–Crippen LogP) is 5.47. The standard InChI is InChI=1S/C30H50O12S3/c1-17(2)20(18(3)4)9-8-19(5)22-10-11-23-21-14-26(40-43(31,32)33)25-15-27(41-44(34,35)36)28(42-45(37,38)39)16-30(25,7)24(21)12-13-29(22,23)6/h8-9,18-28H,1,10-16H2,2-7H3,(H,31,32,33)(H,34,35,36)(H,37,38,39)/b9-8-/t19-,20?,21+,22-,23+,24+,25?,26+,27+,28+,29-,30-/m1/s1. The zero-order valence-corrected chi connectivity index (χ0v) is 29.4. The third-order valence-corrected chi connectivity index (χ3v) is 13.5. The van der Waals surface area contributed by atoms with E-state index in [9.17, 15) is 38.9 Å².